The number of nitrogens with zero attached hydrogens (tertiary/aromatic N) is 3. The van der Waals surface area contributed by atoms with Crippen LogP contribution in [0.3, 0.4) is 0 Å². The summed E-state index contributed by atoms with van der Waals surface area (Å²) < 4.78 is 19.3. The molecule has 27 heavy (non-hydrogen) atoms. The average Bonchev–Trinajstić information content (AvgIpc) is 3.19. The van der Waals surface area contributed by atoms with Crippen molar-refractivity contribution in [3.8, 4) is 5.88 Å². The minimum Gasteiger partial charge on any atom is -0.493 e. The van der Waals surface area contributed by atoms with Crippen molar-refractivity contribution in [2.24, 2.45) is 0 Å². The number of hydrogen-bond acceptors (Lipinski definition) is 5. The van der Waals surface area contributed by atoms with Gasteiger partial charge in [0.2, 0.25) is 5.88 Å². The molecule has 2 atom stereocenters. The van der Waals surface area contributed by atoms with E-state index in [1.807, 2.05) is 37.1 Å². The number of aromatic nitrogens is 3. The predicted octanol–water partition coefficient (Wildman–Crippen LogP) is 4.20. The third kappa shape index (κ3) is 3.83. The lowest BCUT2D eigenvalue weighted by Gasteiger charge is -2.37. The highest BCUT2D eigenvalue weighted by atomic mass is 127. The van der Waals surface area contributed by atoms with Crippen LogP contribution in [-0.2, 0) is 16.0 Å². The molecule has 1 aliphatic heterocycles. The Kier molecular flexibility index (Phi) is 5.12. The average molecular weight is 479 g/mol. The normalized spacial score (nSPS) is 24.7. The van der Waals surface area contributed by atoms with E-state index < -0.39 is 0 Å². The Morgan fingerprint density at radius 3 is 2.89 bits per heavy atom. The van der Waals surface area contributed by atoms with Crippen molar-refractivity contribution in [1.29, 1.82) is 0 Å². The van der Waals surface area contributed by atoms with Crippen molar-refractivity contribution in [2.75, 3.05) is 14.2 Å². The van der Waals surface area contributed by atoms with Crippen LogP contribution in [0.15, 0.2) is 60.2 Å². The van der Waals surface area contributed by atoms with Crippen molar-refractivity contribution in [2.45, 2.75) is 35.3 Å². The van der Waals surface area contributed by atoms with Gasteiger partial charge in [0.05, 0.1) is 24.0 Å². The quantitative estimate of drug-likeness (QED) is 0.476. The molecule has 0 N–H and O–H groups in total. The molecule has 0 spiro atoms. The first-order valence-corrected chi connectivity index (χ1v) is 9.98. The summed E-state index contributed by atoms with van der Waals surface area (Å²) in [6.45, 7) is 0.850. The summed E-state index contributed by atoms with van der Waals surface area (Å²) in [6, 6.07) is 3.89. The molecular formula is C20H22IN3O3. The summed E-state index contributed by atoms with van der Waals surface area (Å²) in [5.41, 5.74) is 2.38. The molecule has 0 fully saturated rings. The van der Waals surface area contributed by atoms with Crippen molar-refractivity contribution in [3.05, 3.63) is 65.8 Å². The minimum absolute atomic E-state index is 0.0175. The van der Waals surface area contributed by atoms with Crippen LogP contribution >= 0.6 is 22.6 Å². The molecule has 0 saturated carbocycles. The van der Waals surface area contributed by atoms with Gasteiger partial charge in [0.1, 0.15) is 6.10 Å². The molecular weight excluding hydrogens is 457 g/mol. The van der Waals surface area contributed by atoms with E-state index in [1.54, 1.807) is 14.2 Å². The topological polar surface area (TPSA) is 58.4 Å². The summed E-state index contributed by atoms with van der Waals surface area (Å²) in [5, 5.41) is 0. The number of hydrogen-bond donors (Lipinski definition) is 0. The van der Waals surface area contributed by atoms with Crippen molar-refractivity contribution in [3.63, 3.8) is 0 Å². The van der Waals surface area contributed by atoms with E-state index in [-0.39, 0.29) is 9.53 Å². The zero-order valence-corrected chi connectivity index (χ0v) is 17.5. The highest BCUT2D eigenvalue weighted by Gasteiger charge is 2.38. The molecule has 4 rings (SSSR count). The van der Waals surface area contributed by atoms with Gasteiger partial charge in [-0.05, 0) is 37.0 Å². The zero-order chi connectivity index (χ0) is 18.9. The first-order valence-electron chi connectivity index (χ1n) is 8.91. The van der Waals surface area contributed by atoms with Crippen molar-refractivity contribution >= 4 is 22.6 Å². The van der Waals surface area contributed by atoms with Gasteiger partial charge in [0.15, 0.2) is 11.5 Å². The van der Waals surface area contributed by atoms with Gasteiger partial charge < -0.3 is 18.8 Å². The molecule has 0 amide bonds. The first-order chi connectivity index (χ1) is 13.1. The SMILES string of the molecule is COC1=CC(I)(Cn2ccnc2)CC2=C1OC(c1ccc(OC)nc1)CC2. The van der Waals surface area contributed by atoms with E-state index in [1.165, 1.54) is 5.57 Å². The molecule has 1 aliphatic carbocycles. The van der Waals surface area contributed by atoms with Crippen molar-refractivity contribution < 1.29 is 14.2 Å². The number of rotatable bonds is 5. The molecule has 2 unspecified atom stereocenters. The molecule has 7 heteroatoms. The van der Waals surface area contributed by atoms with Crippen LogP contribution in [0.25, 0.3) is 0 Å². The number of pyridine rings is 1. The summed E-state index contributed by atoms with van der Waals surface area (Å²) in [4.78, 5) is 8.46. The predicted molar refractivity (Wildman–Crippen MR) is 110 cm³/mol. The number of alkyl halides is 1. The van der Waals surface area contributed by atoms with Crippen LogP contribution in [0.1, 0.15) is 30.9 Å². The molecule has 2 aromatic rings. The number of allylic oxidation sites excluding steroid dienone is 2. The van der Waals surface area contributed by atoms with Gasteiger partial charge in [-0.25, -0.2) is 9.97 Å². The first kappa shape index (κ1) is 18.3. The Labute approximate surface area is 172 Å². The fraction of sp³-hybridized carbons (Fsp3) is 0.400. The van der Waals surface area contributed by atoms with Gasteiger partial charge in [-0.2, -0.15) is 0 Å². The lowest BCUT2D eigenvalue weighted by atomic mass is 9.86. The number of halogens is 1. The fourth-order valence-electron chi connectivity index (χ4n) is 3.69. The van der Waals surface area contributed by atoms with E-state index in [0.29, 0.717) is 5.88 Å². The largest absolute Gasteiger partial charge is 0.493 e. The Balaban J connectivity index is 1.55. The lowest BCUT2D eigenvalue weighted by molar-refractivity contribution is 0.0731. The molecule has 0 saturated heterocycles. The van der Waals surface area contributed by atoms with Crippen LogP contribution in [0.2, 0.25) is 0 Å². The molecule has 2 aromatic heterocycles. The maximum atomic E-state index is 6.37. The Bertz CT molecular complexity index is 861. The van der Waals surface area contributed by atoms with E-state index in [9.17, 15) is 0 Å². The van der Waals surface area contributed by atoms with Crippen LogP contribution < -0.4 is 4.74 Å². The van der Waals surface area contributed by atoms with Gasteiger partial charge in [-0.3, -0.25) is 0 Å². The molecule has 142 valence electrons. The molecule has 2 aliphatic rings. The van der Waals surface area contributed by atoms with Crippen LogP contribution in [0.4, 0.5) is 0 Å². The van der Waals surface area contributed by atoms with Gasteiger partial charge >= 0.3 is 0 Å². The monoisotopic (exact) mass is 479 g/mol. The molecule has 3 heterocycles. The second-order valence-corrected chi connectivity index (χ2v) is 9.02. The Hall–Kier alpha value is -2.03. The maximum Gasteiger partial charge on any atom is 0.212 e. The number of ether oxygens (including phenoxy) is 3. The van der Waals surface area contributed by atoms with Gasteiger partial charge in [-0.15, -0.1) is 0 Å². The second kappa shape index (κ2) is 7.53. The Morgan fingerprint density at radius 1 is 1.33 bits per heavy atom. The van der Waals surface area contributed by atoms with E-state index in [0.717, 1.165) is 42.9 Å². The smallest absolute Gasteiger partial charge is 0.212 e. The fourth-order valence-corrected chi connectivity index (χ4v) is 4.82. The van der Waals surface area contributed by atoms with E-state index in [2.05, 4.69) is 43.2 Å². The molecule has 0 radical (unpaired) electrons. The zero-order valence-electron chi connectivity index (χ0n) is 15.4. The van der Waals surface area contributed by atoms with Crippen molar-refractivity contribution in [1.82, 2.24) is 14.5 Å². The number of methoxy groups -OCH3 is 2. The standard InChI is InChI=1S/C20H22IN3O3/c1-25-17-10-20(21,12-24-8-7-22-13-24)9-14-3-5-16(27-19(14)17)15-4-6-18(26-2)23-11-15/h4,6-8,10-11,13,16H,3,5,9,12H2,1-2H3. The highest BCUT2D eigenvalue weighted by Crippen LogP contribution is 2.46. The van der Waals surface area contributed by atoms with E-state index in [4.69, 9.17) is 14.2 Å². The van der Waals surface area contributed by atoms with Gasteiger partial charge in [0, 0.05) is 36.8 Å². The lowest BCUT2D eigenvalue weighted by Crippen LogP contribution is -2.31. The van der Waals surface area contributed by atoms with Gasteiger partial charge in [0.25, 0.3) is 0 Å². The Morgan fingerprint density at radius 2 is 2.22 bits per heavy atom. The third-order valence-electron chi connectivity index (χ3n) is 4.98. The molecule has 6 nitrogen and oxygen atoms in total. The molecule has 0 aromatic carbocycles. The summed E-state index contributed by atoms with van der Waals surface area (Å²) in [5.74, 6) is 2.32. The summed E-state index contributed by atoms with van der Waals surface area (Å²) >= 11 is 2.52. The van der Waals surface area contributed by atoms with Crippen LogP contribution in [-0.4, -0.2) is 32.2 Å². The summed E-state index contributed by atoms with van der Waals surface area (Å²) in [6.07, 6.45) is 12.5. The number of imidazole rings is 1. The van der Waals surface area contributed by atoms with Gasteiger partial charge in [-0.1, -0.05) is 22.6 Å². The van der Waals surface area contributed by atoms with Crippen LogP contribution in [0.5, 0.6) is 5.88 Å². The van der Waals surface area contributed by atoms with Crippen LogP contribution in [0, 0.1) is 0 Å². The third-order valence-corrected chi connectivity index (χ3v) is 6.01. The summed E-state index contributed by atoms with van der Waals surface area (Å²) in [7, 11) is 3.33. The maximum absolute atomic E-state index is 6.37. The van der Waals surface area contributed by atoms with E-state index >= 15 is 0 Å². The highest BCUT2D eigenvalue weighted by molar-refractivity contribution is 14.1. The second-order valence-electron chi connectivity index (χ2n) is 6.87. The molecule has 0 bridgehead atoms. The minimum atomic E-state index is -0.0551.